The fraction of sp³-hybridized carbons (Fsp3) is 0.527. The number of hydrogen-bond donors (Lipinski definition) is 0. The number of alkyl halides is 1. The normalized spacial score (nSPS) is 26.1. The van der Waals surface area contributed by atoms with Crippen LogP contribution in [-0.2, 0) is 241 Å². The van der Waals surface area contributed by atoms with Crippen molar-refractivity contribution < 1.29 is 225 Å². The molecule has 0 radical (unpaired) electrons. The zero-order valence-electron chi connectivity index (χ0n) is 80.9. The molecule has 147 heavy (non-hydrogen) atoms. The first-order valence-electron chi connectivity index (χ1n) is 44.6. The van der Waals surface area contributed by atoms with Crippen LogP contribution in [0.1, 0.15) is 67.3 Å². The number of fused-ring (bicyclic) bond motifs is 5. The van der Waals surface area contributed by atoms with Gasteiger partial charge in [0.25, 0.3) is 40.5 Å². The van der Waals surface area contributed by atoms with Crippen LogP contribution in [0.5, 0.6) is 0 Å². The van der Waals surface area contributed by atoms with Crippen molar-refractivity contribution in [2.45, 2.75) is 206 Å². The molecule has 15 rings (SSSR count). The molecule has 49 nitrogen and oxygen atoms in total. The van der Waals surface area contributed by atoms with Crippen molar-refractivity contribution in [1.82, 2.24) is 0 Å². The second kappa shape index (κ2) is 58.2. The van der Waals surface area contributed by atoms with E-state index >= 15 is 0 Å². The number of benzene rings is 5. The van der Waals surface area contributed by atoms with E-state index in [2.05, 4.69) is 61.5 Å². The largest absolute Gasteiger partial charge is 0.509 e. The van der Waals surface area contributed by atoms with Crippen LogP contribution in [0.3, 0.4) is 0 Å². The monoisotopic (exact) mass is 2310 g/mol. The SMILES string of the molecule is C=CCOC(=O)C(C[C@H]1O[C@@H](OCc2ccccc2)[C@@H]2OC(=O)O[C@@H]21)S(=O)(=O)OC.C=CCOC(=O)C(C[C@H]1O[C@@H](OCc2ccccc2)[C@@H]2OC(=O)O[C@@H]21)S(=O)(=O)OC.COP(=O)(CC(C)=O)OC.COP(=O)(CC[C@H]1O[C@@H](OCc2ccccc2)[C@@H]2OC(=O)O[C@@H]21)OC.COS(=O)(=O)CC(C)=O.COS(=O)(=O)CC[C@H]1O[C@@H](OCc2ccccc2)[C@@H]2OC(=O)O[C@@H]21.O=C1O[C@H]2[C@H](OCc3ccccc3)O[C@H](CI)[C@H]2O1. The molecule has 0 spiro atoms. The zero-order valence-corrected chi connectivity index (χ0v) is 88.1. The van der Waals surface area contributed by atoms with Crippen LogP contribution in [0.2, 0.25) is 0 Å². The van der Waals surface area contributed by atoms with E-state index in [1.54, 1.807) is 0 Å². The predicted octanol–water partition coefficient (Wildman–Crippen LogP) is 9.38. The summed E-state index contributed by atoms with van der Waals surface area (Å²) in [6.45, 7) is 10.3. The van der Waals surface area contributed by atoms with Gasteiger partial charge in [-0.3, -0.25) is 45.0 Å². The number of ketones is 2. The van der Waals surface area contributed by atoms with Crippen LogP contribution in [0.25, 0.3) is 0 Å². The van der Waals surface area contributed by atoms with E-state index < -0.39 is 231 Å². The minimum Gasteiger partial charge on any atom is -0.460 e. The Bertz CT molecular complexity index is 5550. The standard InChI is InChI=1S/2C19H22O10S.C16H21O8P.C15H18O8S.C13H13IO5.C5H11O4P.C4H8O4S/c2*1-3-9-25-17(20)14(30(22,23)24-2)10-13-15-16(29-19(21)28-15)18(27-13)26-11-12-7-5-4-6-8-12;1-19-25(18,20-2)9-8-12-13-14(24-16(17)23-13)15(22-12)21-10-11-6-4-3-5-7-11;1-19-24(17,18)8-7-11-12-13(23-15(16)22-12)14(21-11)20-9-10-5-3-2-4-6-10;14-6-9-10-11(19-13(15)18-10)12(17-9)16-7-8-4-2-1-3-5-8;1-5(6)4-10(7,8-2)9-3;1-4(5)3-9(6,7)8-2/h2*3-8,13-16,18H,1,9-11H2,2H3;3-7,12-15H,8-10H2,1-2H3;2-6,11-14H,7-9H2,1H3;1-5,9-12H,6-7H2;4H2,1-3H3;3H2,1-2H3/t2*13-,14?,15-,16-,18-;12-,13-,14-,15-;11-,12-,13-,14-;9-,10-,11-,12-;;/m11111../s1. The van der Waals surface area contributed by atoms with Crippen molar-refractivity contribution in [3.05, 3.63) is 205 Å². The molecule has 0 amide bonds. The number of hydrogen-bond acceptors (Lipinski definition) is 49. The van der Waals surface area contributed by atoms with E-state index in [-0.39, 0.29) is 88.4 Å². The van der Waals surface area contributed by atoms with Gasteiger partial charge < -0.3 is 122 Å². The zero-order chi connectivity index (χ0) is 107. The summed E-state index contributed by atoms with van der Waals surface area (Å²) in [6, 6.07) is 47.3. The maximum Gasteiger partial charge on any atom is 0.509 e. The average molecular weight is 2310 g/mol. The van der Waals surface area contributed by atoms with Gasteiger partial charge in [-0.05, 0) is 54.5 Å². The van der Waals surface area contributed by atoms with E-state index in [4.69, 9.17) is 113 Å². The van der Waals surface area contributed by atoms with Crippen LogP contribution in [-0.4, -0.2) is 320 Å². The third-order valence-electron chi connectivity index (χ3n) is 22.1. The Labute approximate surface area is 861 Å². The molecule has 5 aromatic carbocycles. The Morgan fingerprint density at radius 2 is 0.612 bits per heavy atom. The van der Waals surface area contributed by atoms with Gasteiger partial charge in [0, 0.05) is 45.7 Å². The average Bonchev–Trinajstić information content (AvgIpc) is 1.65. The number of carbonyl (C=O) groups is 9. The maximum absolute atomic E-state index is 12.3. The summed E-state index contributed by atoms with van der Waals surface area (Å²) in [5, 5.41) is -3.39. The van der Waals surface area contributed by atoms with Crippen molar-refractivity contribution in [3.63, 3.8) is 0 Å². The van der Waals surface area contributed by atoms with Crippen LogP contribution in [0.15, 0.2) is 177 Å². The first-order valence-corrected chi connectivity index (χ1v) is 55.7. The summed E-state index contributed by atoms with van der Waals surface area (Å²) in [4.78, 5) is 102. The van der Waals surface area contributed by atoms with Crippen LogP contribution < -0.4 is 0 Å². The van der Waals surface area contributed by atoms with Gasteiger partial charge in [-0.15, -0.1) is 0 Å². The molecule has 0 N–H and O–H groups in total. The van der Waals surface area contributed by atoms with Crippen LogP contribution >= 0.6 is 37.8 Å². The minimum absolute atomic E-state index is 0.110. The summed E-state index contributed by atoms with van der Waals surface area (Å²) in [5.74, 6) is -3.47. The van der Waals surface area contributed by atoms with Crippen LogP contribution in [0, 0.1) is 0 Å². The topological polar surface area (TPSA) is 601 Å². The fourth-order valence-corrected chi connectivity index (χ4v) is 20.9. The van der Waals surface area contributed by atoms with E-state index in [9.17, 15) is 86.0 Å². The fourth-order valence-electron chi connectivity index (χ4n) is 14.9. The molecule has 10 heterocycles. The van der Waals surface area contributed by atoms with Gasteiger partial charge in [0.1, 0.15) is 67.2 Å². The molecular formula is C91H115IO49P2S4. The van der Waals surface area contributed by atoms with Gasteiger partial charge in [-0.2, -0.15) is 33.7 Å². The molecule has 814 valence electrons. The molecule has 0 aliphatic carbocycles. The Kier molecular flexibility index (Phi) is 47.9. The van der Waals surface area contributed by atoms with E-state index in [0.29, 0.717) is 19.6 Å². The van der Waals surface area contributed by atoms with Gasteiger partial charge >= 0.3 is 57.9 Å². The molecule has 0 aromatic heterocycles. The molecular weight excluding hydrogens is 2190 g/mol. The number of rotatable bonds is 46. The summed E-state index contributed by atoms with van der Waals surface area (Å²) in [5.41, 5.74) is 4.68. The first kappa shape index (κ1) is 121. The lowest BCUT2D eigenvalue weighted by molar-refractivity contribution is -0.175. The predicted molar refractivity (Wildman–Crippen MR) is 510 cm³/mol. The van der Waals surface area contributed by atoms with E-state index in [1.807, 2.05) is 152 Å². The molecule has 56 heteroatoms. The lowest BCUT2D eigenvalue weighted by Crippen LogP contribution is -2.39. The summed E-state index contributed by atoms with van der Waals surface area (Å²) < 4.78 is 271. The second-order valence-corrected chi connectivity index (χ2v) is 45.1. The minimum atomic E-state index is -4.30. The molecule has 5 aromatic rings. The number of ether oxygens (including phenoxy) is 22. The number of Topliss-reactive ketones (excluding diaryl/α,β-unsaturated/α-hetero) is 2. The number of carbonyl (C=O) groups excluding carboxylic acids is 9. The molecule has 0 bridgehead atoms. The Morgan fingerprint density at radius 3 is 0.850 bits per heavy atom. The molecule has 10 fully saturated rings. The molecule has 10 aliphatic rings. The van der Waals surface area contributed by atoms with Crippen molar-refractivity contribution >= 4 is 133 Å². The quantitative estimate of drug-likeness (QED) is 0.00665. The molecule has 0 saturated carbocycles. The third-order valence-corrected chi connectivity index (χ3v) is 32.5. The molecule has 10 aliphatic heterocycles. The smallest absolute Gasteiger partial charge is 0.460 e. The highest BCUT2D eigenvalue weighted by Gasteiger charge is 2.61. The van der Waals surface area contributed by atoms with Gasteiger partial charge in [0.2, 0.25) is 0 Å². The maximum atomic E-state index is 12.3. The highest BCUT2D eigenvalue weighted by Crippen LogP contribution is 2.50. The lowest BCUT2D eigenvalue weighted by atomic mass is 10.1. The van der Waals surface area contributed by atoms with Gasteiger partial charge in [0.15, 0.2) is 103 Å². The van der Waals surface area contributed by atoms with Gasteiger partial charge in [-0.25, -0.2) is 24.0 Å². The van der Waals surface area contributed by atoms with Crippen molar-refractivity contribution in [3.8, 4) is 0 Å². The lowest BCUT2D eigenvalue weighted by Gasteiger charge is -2.21. The number of halogens is 1. The van der Waals surface area contributed by atoms with Crippen molar-refractivity contribution in [2.24, 2.45) is 0 Å². The summed E-state index contributed by atoms with van der Waals surface area (Å²) in [6.07, 6.45) is -16.3. The Hall–Kier alpha value is -9.52. The molecule has 22 atom stereocenters. The summed E-state index contributed by atoms with van der Waals surface area (Å²) in [7, 11) is -12.9. The van der Waals surface area contributed by atoms with Gasteiger partial charge in [-0.1, -0.05) is 200 Å². The Balaban J connectivity index is 0.000000196. The number of esters is 2. The van der Waals surface area contributed by atoms with Crippen molar-refractivity contribution in [1.29, 1.82) is 0 Å². The first-order chi connectivity index (χ1) is 70.0. The molecule has 2 unspecified atom stereocenters. The van der Waals surface area contributed by atoms with E-state index in [0.717, 1.165) is 60.7 Å². The Morgan fingerprint density at radius 1 is 0.354 bits per heavy atom. The third kappa shape index (κ3) is 36.7. The van der Waals surface area contributed by atoms with Crippen LogP contribution in [0.4, 0.5) is 24.0 Å². The summed E-state index contributed by atoms with van der Waals surface area (Å²) >= 11 is 2.20. The second-order valence-electron chi connectivity index (χ2n) is 32.1. The highest BCUT2D eigenvalue weighted by atomic mass is 127. The van der Waals surface area contributed by atoms with E-state index in [1.165, 1.54) is 54.4 Å². The highest BCUT2D eigenvalue weighted by molar-refractivity contribution is 14.1. The van der Waals surface area contributed by atoms with Gasteiger partial charge in [0.05, 0.1) is 73.4 Å². The molecule has 10 saturated heterocycles. The van der Waals surface area contributed by atoms with Crippen molar-refractivity contribution in [2.75, 3.05) is 98.3 Å².